The number of nitrogens with zero attached hydrogens (tertiary/aromatic N) is 1. The smallest absolute Gasteiger partial charge is 0.273 e. The van der Waals surface area contributed by atoms with Crippen LogP contribution in [0.1, 0.15) is 31.8 Å². The molecule has 0 radical (unpaired) electrons. The molecule has 1 heterocycles. The number of carbonyl (C=O) groups excluding carboxylic acids is 1. The van der Waals surface area contributed by atoms with Crippen LogP contribution in [0, 0.1) is 24.0 Å². The van der Waals surface area contributed by atoms with Crippen molar-refractivity contribution in [1.82, 2.24) is 5.32 Å². The molecule has 0 saturated heterocycles. The molecule has 0 saturated carbocycles. The minimum absolute atomic E-state index is 0.0603. The average molecular weight is 334 g/mol. The third-order valence-electron chi connectivity index (χ3n) is 3.48. The number of hydrogen-bond donors (Lipinski definition) is 1. The van der Waals surface area contributed by atoms with Crippen molar-refractivity contribution in [3.05, 3.63) is 61.3 Å². The van der Waals surface area contributed by atoms with E-state index in [0.29, 0.717) is 12.1 Å². The van der Waals surface area contributed by atoms with Crippen molar-refractivity contribution in [3.8, 4) is 0 Å². The normalized spacial score (nSPS) is 12.0. The Morgan fingerprint density at radius 3 is 2.65 bits per heavy atom. The molecule has 1 aromatic heterocycles. The first-order valence-electron chi connectivity index (χ1n) is 7.04. The van der Waals surface area contributed by atoms with Gasteiger partial charge in [-0.3, -0.25) is 14.9 Å². The second-order valence-corrected chi connectivity index (χ2v) is 6.46. The van der Waals surface area contributed by atoms with Gasteiger partial charge in [0, 0.05) is 40.6 Å². The minimum atomic E-state index is -0.488. The number of nitro benzene ring substituents is 1. The molecule has 0 bridgehead atoms. The fraction of sp³-hybridized carbons (Fsp3) is 0.312. The van der Waals surface area contributed by atoms with Crippen LogP contribution < -0.4 is 5.32 Å². The molecule has 1 atom stereocenters. The highest BCUT2D eigenvalue weighted by Gasteiger charge is 2.17. The largest absolute Gasteiger partial charge is 0.374 e. The molecule has 1 amide bonds. The molecule has 1 aromatic carbocycles. The Labute approximate surface area is 138 Å². The van der Waals surface area contributed by atoms with Crippen LogP contribution in [0.25, 0.3) is 0 Å². The van der Waals surface area contributed by atoms with E-state index < -0.39 is 4.92 Å². The van der Waals surface area contributed by atoms with Crippen molar-refractivity contribution in [2.75, 3.05) is 13.7 Å². The average Bonchev–Trinajstić information content (AvgIpc) is 2.94. The second kappa shape index (κ2) is 7.34. The van der Waals surface area contributed by atoms with Gasteiger partial charge < -0.3 is 10.1 Å². The zero-order chi connectivity index (χ0) is 17.0. The highest BCUT2D eigenvalue weighted by Crippen LogP contribution is 2.25. The molecule has 0 aliphatic carbocycles. The van der Waals surface area contributed by atoms with E-state index in [2.05, 4.69) is 5.32 Å². The van der Waals surface area contributed by atoms with Gasteiger partial charge in [0.15, 0.2) is 0 Å². The van der Waals surface area contributed by atoms with Gasteiger partial charge in [0.25, 0.3) is 11.6 Å². The summed E-state index contributed by atoms with van der Waals surface area (Å²) in [7, 11) is 1.59. The van der Waals surface area contributed by atoms with Gasteiger partial charge in [-0.2, -0.15) is 0 Å². The second-order valence-electron chi connectivity index (χ2n) is 5.14. The third-order valence-corrected chi connectivity index (χ3v) is 4.57. The maximum atomic E-state index is 12.2. The first kappa shape index (κ1) is 17.1. The van der Waals surface area contributed by atoms with E-state index in [4.69, 9.17) is 4.74 Å². The number of hydrogen-bond acceptors (Lipinski definition) is 5. The van der Waals surface area contributed by atoms with Crippen molar-refractivity contribution >= 4 is 22.9 Å². The van der Waals surface area contributed by atoms with E-state index >= 15 is 0 Å². The molecule has 0 fully saturated rings. The van der Waals surface area contributed by atoms with Crippen molar-refractivity contribution < 1.29 is 14.5 Å². The van der Waals surface area contributed by atoms with Gasteiger partial charge in [-0.15, -0.1) is 11.3 Å². The van der Waals surface area contributed by atoms with Gasteiger partial charge in [-0.05, 0) is 32.0 Å². The van der Waals surface area contributed by atoms with Crippen molar-refractivity contribution in [2.45, 2.75) is 20.0 Å². The van der Waals surface area contributed by atoms with Crippen LogP contribution in [0.2, 0.25) is 0 Å². The summed E-state index contributed by atoms with van der Waals surface area (Å²) in [5.41, 5.74) is 0.727. The Kier molecular flexibility index (Phi) is 5.46. The molecule has 1 N–H and O–H groups in total. The van der Waals surface area contributed by atoms with Gasteiger partial charge in [0.1, 0.15) is 6.10 Å². The van der Waals surface area contributed by atoms with Crippen LogP contribution >= 0.6 is 11.3 Å². The van der Waals surface area contributed by atoms with E-state index in [-0.39, 0.29) is 23.3 Å². The fourth-order valence-electron chi connectivity index (χ4n) is 2.16. The van der Waals surface area contributed by atoms with Gasteiger partial charge in [-0.25, -0.2) is 0 Å². The molecule has 0 aliphatic heterocycles. The monoisotopic (exact) mass is 334 g/mol. The predicted octanol–water partition coefficient (Wildman–Crippen LogP) is 3.39. The number of rotatable bonds is 6. The molecule has 6 nitrogen and oxygen atoms in total. The molecular weight excluding hydrogens is 316 g/mol. The number of amides is 1. The number of nitrogens with one attached hydrogen (secondary N) is 1. The number of methoxy groups -OCH3 is 1. The highest BCUT2D eigenvalue weighted by molar-refractivity contribution is 7.12. The van der Waals surface area contributed by atoms with Gasteiger partial charge in [0.2, 0.25) is 0 Å². The predicted molar refractivity (Wildman–Crippen MR) is 89.0 cm³/mol. The van der Waals surface area contributed by atoms with Crippen LogP contribution in [-0.4, -0.2) is 24.5 Å². The zero-order valence-electron chi connectivity index (χ0n) is 13.2. The molecule has 0 spiro atoms. The SMILES string of the molecule is COC(CNC(=O)c1ccc(C)c([N+](=O)[O-])c1)c1ccc(C)s1. The van der Waals surface area contributed by atoms with Crippen LogP contribution in [0.15, 0.2) is 30.3 Å². The summed E-state index contributed by atoms with van der Waals surface area (Å²) in [5.74, 6) is -0.358. The Morgan fingerprint density at radius 1 is 1.35 bits per heavy atom. The zero-order valence-corrected chi connectivity index (χ0v) is 14.0. The lowest BCUT2D eigenvalue weighted by Gasteiger charge is -2.14. The molecule has 122 valence electrons. The molecule has 2 rings (SSSR count). The van der Waals surface area contributed by atoms with Crippen LogP contribution in [0.3, 0.4) is 0 Å². The maximum absolute atomic E-state index is 12.2. The summed E-state index contributed by atoms with van der Waals surface area (Å²) in [6, 6.07) is 8.41. The fourth-order valence-corrected chi connectivity index (χ4v) is 3.12. The number of thiophene rings is 1. The number of nitro groups is 1. The van der Waals surface area contributed by atoms with Gasteiger partial charge in [0.05, 0.1) is 4.92 Å². The van der Waals surface area contributed by atoms with Crippen LogP contribution in [-0.2, 0) is 4.74 Å². The van der Waals surface area contributed by atoms with E-state index in [1.807, 2.05) is 19.1 Å². The lowest BCUT2D eigenvalue weighted by Crippen LogP contribution is -2.28. The van der Waals surface area contributed by atoms with Crippen molar-refractivity contribution in [2.24, 2.45) is 0 Å². The summed E-state index contributed by atoms with van der Waals surface area (Å²) in [6.45, 7) is 3.95. The minimum Gasteiger partial charge on any atom is -0.374 e. The number of carbonyl (C=O) groups is 1. The van der Waals surface area contributed by atoms with Crippen molar-refractivity contribution in [1.29, 1.82) is 0 Å². The molecule has 23 heavy (non-hydrogen) atoms. The molecule has 1 unspecified atom stereocenters. The van der Waals surface area contributed by atoms with Gasteiger partial charge >= 0.3 is 0 Å². The quantitative estimate of drug-likeness (QED) is 0.648. The Balaban J connectivity index is 2.07. The first-order valence-corrected chi connectivity index (χ1v) is 7.86. The van der Waals surface area contributed by atoms with Gasteiger partial charge in [-0.1, -0.05) is 6.07 Å². The lowest BCUT2D eigenvalue weighted by atomic mass is 10.1. The summed E-state index contributed by atoms with van der Waals surface area (Å²) < 4.78 is 5.40. The number of ether oxygens (including phenoxy) is 1. The number of aryl methyl sites for hydroxylation is 2. The Morgan fingerprint density at radius 2 is 2.09 bits per heavy atom. The maximum Gasteiger partial charge on any atom is 0.273 e. The lowest BCUT2D eigenvalue weighted by molar-refractivity contribution is -0.385. The molecule has 0 aliphatic rings. The van der Waals surface area contributed by atoms with Crippen molar-refractivity contribution in [3.63, 3.8) is 0 Å². The topological polar surface area (TPSA) is 81.5 Å². The summed E-state index contributed by atoms with van der Waals surface area (Å²) in [6.07, 6.45) is -0.238. The van der Waals surface area contributed by atoms with Crippen LogP contribution in [0.4, 0.5) is 5.69 Å². The van der Waals surface area contributed by atoms with Crippen LogP contribution in [0.5, 0.6) is 0 Å². The summed E-state index contributed by atoms with van der Waals surface area (Å²) in [4.78, 5) is 24.9. The summed E-state index contributed by atoms with van der Waals surface area (Å²) >= 11 is 1.61. The van der Waals surface area contributed by atoms with E-state index in [1.165, 1.54) is 10.9 Å². The Hall–Kier alpha value is -2.25. The third kappa shape index (κ3) is 4.14. The van der Waals surface area contributed by atoms with E-state index in [0.717, 1.165) is 4.88 Å². The van der Waals surface area contributed by atoms with E-state index in [9.17, 15) is 14.9 Å². The Bertz CT molecular complexity index is 727. The summed E-state index contributed by atoms with van der Waals surface area (Å²) in [5, 5.41) is 13.7. The standard InChI is InChI=1S/C16H18N2O4S/c1-10-4-6-12(8-13(10)18(20)21)16(19)17-9-14(22-3)15-7-5-11(2)23-15/h4-8,14H,9H2,1-3H3,(H,17,19). The number of benzene rings is 1. The van der Waals surface area contributed by atoms with E-state index in [1.54, 1.807) is 37.5 Å². The molecule has 2 aromatic rings. The first-order chi connectivity index (χ1) is 10.9. The molecular formula is C16H18N2O4S. The highest BCUT2D eigenvalue weighted by atomic mass is 32.1. The molecule has 7 heteroatoms.